The van der Waals surface area contributed by atoms with Gasteiger partial charge in [0, 0.05) is 19.3 Å². The lowest BCUT2D eigenvalue weighted by atomic mass is 10.1. The predicted octanol–water partition coefficient (Wildman–Crippen LogP) is 1.62. The zero-order valence-electron chi connectivity index (χ0n) is 13.4. The molecule has 1 aliphatic heterocycles. The Morgan fingerprint density at radius 3 is 2.83 bits per heavy atom. The Balaban J connectivity index is 1.70. The summed E-state index contributed by atoms with van der Waals surface area (Å²) in [6.45, 7) is 0.928. The number of amides is 2. The Morgan fingerprint density at radius 1 is 1.33 bits per heavy atom. The van der Waals surface area contributed by atoms with Gasteiger partial charge < -0.3 is 5.32 Å². The molecule has 0 spiro atoms. The smallest absolute Gasteiger partial charge is 0.322 e. The van der Waals surface area contributed by atoms with Crippen LogP contribution >= 0.6 is 0 Å². The molecular weight excluding hydrogens is 328 g/mol. The molecule has 0 saturated heterocycles. The van der Waals surface area contributed by atoms with Gasteiger partial charge in [-0.15, -0.1) is 0 Å². The number of aryl methyl sites for hydroxylation is 1. The number of hydrogen-bond donors (Lipinski definition) is 2. The number of urea groups is 1. The molecule has 0 fully saturated rings. The summed E-state index contributed by atoms with van der Waals surface area (Å²) in [6.07, 6.45) is 4.63. The Labute approximate surface area is 141 Å². The topological polar surface area (TPSA) is 95.2 Å². The number of H-pyrrole nitrogens is 1. The van der Waals surface area contributed by atoms with E-state index >= 15 is 0 Å². The molecular formula is C16H20N4O3S. The highest BCUT2D eigenvalue weighted by Crippen LogP contribution is 2.24. The number of fused-ring (bicyclic) bond motifs is 1. The fraction of sp³-hybridized carbons (Fsp3) is 0.375. The minimum Gasteiger partial charge on any atom is -0.334 e. The number of benzene rings is 1. The largest absolute Gasteiger partial charge is 0.334 e. The number of hydrogen-bond acceptors (Lipinski definition) is 4. The van der Waals surface area contributed by atoms with Crippen LogP contribution in [0.2, 0.25) is 0 Å². The van der Waals surface area contributed by atoms with Gasteiger partial charge in [-0.2, -0.15) is 5.10 Å². The molecule has 2 heterocycles. The molecule has 128 valence electrons. The third-order valence-corrected chi connectivity index (χ3v) is 4.84. The van der Waals surface area contributed by atoms with E-state index in [-0.39, 0.29) is 18.3 Å². The monoisotopic (exact) mass is 348 g/mol. The normalized spacial score (nSPS) is 14.3. The van der Waals surface area contributed by atoms with Crippen LogP contribution < -0.4 is 10.2 Å². The third-order valence-electron chi connectivity index (χ3n) is 4.01. The van der Waals surface area contributed by atoms with Gasteiger partial charge in [-0.05, 0) is 24.0 Å². The summed E-state index contributed by atoms with van der Waals surface area (Å²) in [5.41, 5.74) is 3.29. The van der Waals surface area contributed by atoms with Crippen molar-refractivity contribution in [3.8, 4) is 0 Å². The average Bonchev–Trinajstić information content (AvgIpc) is 3.00. The molecule has 1 aromatic heterocycles. The zero-order chi connectivity index (χ0) is 17.2. The standard InChI is InChI=1S/C16H20N4O3S/c1-24(22,23)11-13-6-3-2-5-12(13)9-17-16(21)20-8-4-7-14-15(20)10-18-19-14/h2-3,5-6,10H,4,7-9,11H2,1H3,(H,17,21)(H,18,19). The van der Waals surface area contributed by atoms with E-state index in [1.54, 1.807) is 23.2 Å². The van der Waals surface area contributed by atoms with E-state index in [4.69, 9.17) is 0 Å². The Bertz CT molecular complexity index is 845. The van der Waals surface area contributed by atoms with Crippen molar-refractivity contribution in [3.63, 3.8) is 0 Å². The maximum atomic E-state index is 12.5. The van der Waals surface area contributed by atoms with Crippen LogP contribution in [-0.4, -0.2) is 37.4 Å². The maximum absolute atomic E-state index is 12.5. The molecule has 2 aromatic rings. The number of aromatic nitrogens is 2. The molecule has 2 amide bonds. The van der Waals surface area contributed by atoms with Crippen molar-refractivity contribution in [3.05, 3.63) is 47.3 Å². The van der Waals surface area contributed by atoms with E-state index < -0.39 is 9.84 Å². The third kappa shape index (κ3) is 3.76. The van der Waals surface area contributed by atoms with Crippen LogP contribution in [0.4, 0.5) is 10.5 Å². The van der Waals surface area contributed by atoms with Crippen LogP contribution in [0.15, 0.2) is 30.5 Å². The summed E-state index contributed by atoms with van der Waals surface area (Å²) in [7, 11) is -3.13. The number of aromatic amines is 1. The van der Waals surface area contributed by atoms with Gasteiger partial charge in [0.15, 0.2) is 9.84 Å². The van der Waals surface area contributed by atoms with E-state index in [2.05, 4.69) is 15.5 Å². The highest BCUT2D eigenvalue weighted by Gasteiger charge is 2.24. The van der Waals surface area contributed by atoms with Crippen LogP contribution in [0, 0.1) is 0 Å². The molecule has 24 heavy (non-hydrogen) atoms. The van der Waals surface area contributed by atoms with Gasteiger partial charge in [-0.3, -0.25) is 10.00 Å². The summed E-state index contributed by atoms with van der Waals surface area (Å²) in [4.78, 5) is 14.2. The first-order chi connectivity index (χ1) is 11.4. The van der Waals surface area contributed by atoms with Crippen LogP contribution in [0.1, 0.15) is 23.2 Å². The van der Waals surface area contributed by atoms with Crippen molar-refractivity contribution < 1.29 is 13.2 Å². The first-order valence-corrected chi connectivity index (χ1v) is 9.82. The fourth-order valence-electron chi connectivity index (χ4n) is 2.89. The molecule has 0 saturated carbocycles. The Kier molecular flexibility index (Phi) is 4.57. The second-order valence-corrected chi connectivity index (χ2v) is 8.13. The number of nitrogens with one attached hydrogen (secondary N) is 2. The zero-order valence-corrected chi connectivity index (χ0v) is 14.3. The molecule has 7 nitrogen and oxygen atoms in total. The molecule has 0 radical (unpaired) electrons. The number of carbonyl (C=O) groups excluding carboxylic acids is 1. The van der Waals surface area contributed by atoms with Crippen molar-refractivity contribution in [2.75, 3.05) is 17.7 Å². The van der Waals surface area contributed by atoms with Gasteiger partial charge in [-0.25, -0.2) is 13.2 Å². The maximum Gasteiger partial charge on any atom is 0.322 e. The molecule has 1 aromatic carbocycles. The first kappa shape index (κ1) is 16.5. The van der Waals surface area contributed by atoms with Crippen molar-refractivity contribution in [2.45, 2.75) is 25.1 Å². The van der Waals surface area contributed by atoms with Gasteiger partial charge in [0.25, 0.3) is 0 Å². The summed E-state index contributed by atoms with van der Waals surface area (Å²) in [6, 6.07) is 7.04. The second kappa shape index (κ2) is 6.64. The number of anilines is 1. The van der Waals surface area contributed by atoms with Gasteiger partial charge in [0.1, 0.15) is 0 Å². The fourth-order valence-corrected chi connectivity index (χ4v) is 3.73. The summed E-state index contributed by atoms with van der Waals surface area (Å²) in [5, 5.41) is 9.78. The average molecular weight is 348 g/mol. The Morgan fingerprint density at radius 2 is 2.08 bits per heavy atom. The van der Waals surface area contributed by atoms with E-state index in [1.807, 2.05) is 12.1 Å². The predicted molar refractivity (Wildman–Crippen MR) is 91.5 cm³/mol. The lowest BCUT2D eigenvalue weighted by Crippen LogP contribution is -2.42. The molecule has 0 unspecified atom stereocenters. The SMILES string of the molecule is CS(=O)(=O)Cc1ccccc1CNC(=O)N1CCCc2[nH]ncc21. The molecule has 2 N–H and O–H groups in total. The van der Waals surface area contributed by atoms with Gasteiger partial charge in [0.2, 0.25) is 0 Å². The molecule has 3 rings (SSSR count). The minimum atomic E-state index is -3.13. The lowest BCUT2D eigenvalue weighted by Gasteiger charge is -2.26. The molecule has 0 aliphatic carbocycles. The van der Waals surface area contributed by atoms with Gasteiger partial charge >= 0.3 is 6.03 Å². The summed E-state index contributed by atoms with van der Waals surface area (Å²) < 4.78 is 23.1. The number of carbonyl (C=O) groups is 1. The van der Waals surface area contributed by atoms with E-state index in [0.29, 0.717) is 12.1 Å². The van der Waals surface area contributed by atoms with Crippen LogP contribution in [0.5, 0.6) is 0 Å². The van der Waals surface area contributed by atoms with Crippen LogP contribution in [0.25, 0.3) is 0 Å². The molecule has 8 heteroatoms. The molecule has 1 aliphatic rings. The van der Waals surface area contributed by atoms with E-state index in [1.165, 1.54) is 6.26 Å². The number of sulfone groups is 1. The summed E-state index contributed by atoms with van der Waals surface area (Å²) in [5.74, 6) is -0.0331. The first-order valence-electron chi connectivity index (χ1n) is 7.76. The highest BCUT2D eigenvalue weighted by atomic mass is 32.2. The second-order valence-electron chi connectivity index (χ2n) is 5.99. The van der Waals surface area contributed by atoms with Crippen molar-refractivity contribution in [1.29, 1.82) is 0 Å². The number of rotatable bonds is 4. The highest BCUT2D eigenvalue weighted by molar-refractivity contribution is 7.89. The van der Waals surface area contributed by atoms with Gasteiger partial charge in [-0.1, -0.05) is 24.3 Å². The van der Waals surface area contributed by atoms with Crippen LogP contribution in [-0.2, 0) is 28.6 Å². The van der Waals surface area contributed by atoms with E-state index in [0.717, 1.165) is 29.8 Å². The molecule has 0 atom stereocenters. The summed E-state index contributed by atoms with van der Waals surface area (Å²) >= 11 is 0. The van der Waals surface area contributed by atoms with Crippen molar-refractivity contribution in [1.82, 2.24) is 15.5 Å². The minimum absolute atomic E-state index is 0.0331. The lowest BCUT2D eigenvalue weighted by molar-refractivity contribution is 0.245. The van der Waals surface area contributed by atoms with Crippen molar-refractivity contribution >= 4 is 21.6 Å². The quantitative estimate of drug-likeness (QED) is 0.878. The Hall–Kier alpha value is -2.35. The molecule has 0 bridgehead atoms. The van der Waals surface area contributed by atoms with Crippen molar-refractivity contribution in [2.24, 2.45) is 0 Å². The van der Waals surface area contributed by atoms with Gasteiger partial charge in [0.05, 0.1) is 23.3 Å². The van der Waals surface area contributed by atoms with Crippen LogP contribution in [0.3, 0.4) is 0 Å². The number of nitrogens with zero attached hydrogens (tertiary/aromatic N) is 2. The van der Waals surface area contributed by atoms with E-state index in [9.17, 15) is 13.2 Å².